The number of aromatic nitrogens is 1. The van der Waals surface area contributed by atoms with E-state index in [4.69, 9.17) is 9.15 Å². The Morgan fingerprint density at radius 2 is 1.95 bits per heavy atom. The average Bonchev–Trinajstić information content (AvgIpc) is 3.43. The number of nitrogens with one attached hydrogen (secondary N) is 2. The number of pyridine rings is 1. The predicted molar refractivity (Wildman–Crippen MR) is 152 cm³/mol. The fourth-order valence-corrected chi connectivity index (χ4v) is 5.64. The number of carbonyl (C=O) groups is 1. The number of hydrogen-bond acceptors (Lipinski definition) is 7. The molecule has 2 saturated heterocycles. The topological polar surface area (TPSA) is 100 Å². The van der Waals surface area contributed by atoms with E-state index < -0.39 is 12.0 Å². The fourth-order valence-electron chi connectivity index (χ4n) is 5.64. The summed E-state index contributed by atoms with van der Waals surface area (Å²) in [5.41, 5.74) is 4.21. The normalized spacial score (nSPS) is 19.6. The van der Waals surface area contributed by atoms with E-state index in [-0.39, 0.29) is 47.6 Å². The molecule has 4 aromatic rings. The third-order valence-corrected chi connectivity index (χ3v) is 7.99. The van der Waals surface area contributed by atoms with E-state index in [1.165, 1.54) is 12.1 Å². The Kier molecular flexibility index (Phi) is 7.77. The number of furan rings is 1. The van der Waals surface area contributed by atoms with Gasteiger partial charge in [-0.1, -0.05) is 12.1 Å². The second-order valence-electron chi connectivity index (χ2n) is 10.7. The summed E-state index contributed by atoms with van der Waals surface area (Å²) in [6.07, 6.45) is 2.95. The number of anilines is 1. The lowest BCUT2D eigenvalue weighted by Crippen LogP contribution is -2.38. The molecule has 0 aliphatic carbocycles. The molecule has 2 aliphatic heterocycles. The molecule has 2 aromatic heterocycles. The van der Waals surface area contributed by atoms with Crippen LogP contribution < -0.4 is 10.6 Å². The Morgan fingerprint density at radius 1 is 1.10 bits per heavy atom. The van der Waals surface area contributed by atoms with Gasteiger partial charge < -0.3 is 19.8 Å². The molecule has 2 aromatic carbocycles. The van der Waals surface area contributed by atoms with Crippen LogP contribution in [-0.4, -0.2) is 49.3 Å². The summed E-state index contributed by atoms with van der Waals surface area (Å²) in [7, 11) is 0. The zero-order valence-electron chi connectivity index (χ0n) is 22.5. The van der Waals surface area contributed by atoms with E-state index in [2.05, 4.69) is 21.7 Å². The van der Waals surface area contributed by atoms with Gasteiger partial charge in [0, 0.05) is 55.6 Å². The minimum atomic E-state index is -1.09. The summed E-state index contributed by atoms with van der Waals surface area (Å²) in [4.78, 5) is 17.2. The van der Waals surface area contributed by atoms with Gasteiger partial charge >= 0.3 is 0 Å². The highest BCUT2D eigenvalue weighted by atomic mass is 19.1. The third kappa shape index (κ3) is 5.71. The molecule has 7 nitrogen and oxygen atoms in total. The lowest BCUT2D eigenvalue weighted by molar-refractivity contribution is 0.0898. The molecule has 6 rings (SSSR count). The Morgan fingerprint density at radius 3 is 2.73 bits per heavy atom. The Balaban J connectivity index is 1.26. The zero-order chi connectivity index (χ0) is 28.3. The highest BCUT2D eigenvalue weighted by Gasteiger charge is 2.27. The number of nitriles is 1. The summed E-state index contributed by atoms with van der Waals surface area (Å²) < 4.78 is 41.0. The summed E-state index contributed by atoms with van der Waals surface area (Å²) >= 11 is 0. The molecule has 2 N–H and O–H groups in total. The maximum Gasteiger partial charge on any atom is 0.163 e. The van der Waals surface area contributed by atoms with Gasteiger partial charge in [0.1, 0.15) is 29.3 Å². The van der Waals surface area contributed by atoms with E-state index >= 15 is 4.39 Å². The molecule has 4 heterocycles. The number of piperidine rings is 1. The van der Waals surface area contributed by atoms with Crippen molar-refractivity contribution in [2.24, 2.45) is 5.92 Å². The van der Waals surface area contributed by atoms with Crippen molar-refractivity contribution in [2.75, 3.05) is 31.6 Å². The number of ether oxygens (including phenoxy) is 1. The average molecular weight is 557 g/mol. The maximum absolute atomic E-state index is 15.3. The van der Waals surface area contributed by atoms with Crippen LogP contribution in [0, 0.1) is 23.1 Å². The Hall–Kier alpha value is -4.13. The molecule has 0 saturated carbocycles. The molecule has 0 radical (unpaired) electrons. The second-order valence-corrected chi connectivity index (χ2v) is 10.7. The molecule has 9 heteroatoms. The monoisotopic (exact) mass is 556 g/mol. The number of hydrogen-bond donors (Lipinski definition) is 2. The third-order valence-electron chi connectivity index (χ3n) is 7.99. The van der Waals surface area contributed by atoms with E-state index in [0.29, 0.717) is 42.8 Å². The van der Waals surface area contributed by atoms with Crippen LogP contribution in [0.1, 0.15) is 41.6 Å². The number of nitrogens with zero attached hydrogens (tertiary/aromatic N) is 2. The van der Waals surface area contributed by atoms with Gasteiger partial charge in [-0.2, -0.15) is 5.26 Å². The van der Waals surface area contributed by atoms with Crippen molar-refractivity contribution in [2.45, 2.75) is 37.9 Å². The van der Waals surface area contributed by atoms with Crippen LogP contribution in [0.15, 0.2) is 59.1 Å². The van der Waals surface area contributed by atoms with Gasteiger partial charge in [-0.3, -0.25) is 9.78 Å². The molecule has 210 valence electrons. The molecule has 2 fully saturated rings. The first-order valence-corrected chi connectivity index (χ1v) is 14.0. The maximum atomic E-state index is 15.3. The number of ketones is 1. The predicted octanol–water partition coefficient (Wildman–Crippen LogP) is 6.28. The van der Waals surface area contributed by atoms with Crippen molar-refractivity contribution in [1.82, 2.24) is 10.3 Å². The molecule has 0 amide bonds. The number of Topliss-reactive ketones (excluding diaryl/α,β-unsaturated/α-hetero) is 1. The largest absolute Gasteiger partial charge is 0.454 e. The first kappa shape index (κ1) is 27.1. The van der Waals surface area contributed by atoms with Gasteiger partial charge in [-0.25, -0.2) is 8.78 Å². The molecule has 2 atom stereocenters. The molecular formula is C32H30F2N4O3. The van der Waals surface area contributed by atoms with Gasteiger partial charge in [-0.15, -0.1) is 0 Å². The number of carbonyl (C=O) groups excluding carboxylic acids is 1. The lowest BCUT2D eigenvalue weighted by Gasteiger charge is -2.26. The number of rotatable bonds is 7. The standard InChI is InChI=1S/C32H30F2N4O3/c33-26-14-21(30(39)15-20-5-9-36-18-27(20)34)1-3-25(26)31-16-29-32(41-31)24(6-10-37-29)19-2-4-28(22(13-19)17-35)38-23-7-11-40-12-8-23/h1-4,6,10,13-14,16,20,23,27,36,38H,5,7-9,11-12,15,18H2/t20-,27-/m1/s1. The number of benzene rings is 2. The zero-order valence-corrected chi connectivity index (χ0v) is 22.5. The van der Waals surface area contributed by atoms with Gasteiger partial charge in [-0.05, 0) is 67.6 Å². The van der Waals surface area contributed by atoms with Crippen LogP contribution in [0.3, 0.4) is 0 Å². The molecule has 0 spiro atoms. The summed E-state index contributed by atoms with van der Waals surface area (Å²) in [6, 6.07) is 15.9. The van der Waals surface area contributed by atoms with Gasteiger partial charge in [0.2, 0.25) is 0 Å². The van der Waals surface area contributed by atoms with Crippen LogP contribution in [0.4, 0.5) is 14.5 Å². The highest BCUT2D eigenvalue weighted by molar-refractivity contribution is 5.97. The van der Waals surface area contributed by atoms with Gasteiger partial charge in [0.05, 0.1) is 16.8 Å². The minimum Gasteiger partial charge on any atom is -0.454 e. The quantitative estimate of drug-likeness (QED) is 0.258. The van der Waals surface area contributed by atoms with Crippen molar-refractivity contribution >= 4 is 22.6 Å². The Labute approximate surface area is 236 Å². The van der Waals surface area contributed by atoms with E-state index in [0.717, 1.165) is 29.7 Å². The van der Waals surface area contributed by atoms with Gasteiger partial charge in [0.25, 0.3) is 0 Å². The minimum absolute atomic E-state index is 0.0492. The van der Waals surface area contributed by atoms with Crippen LogP contribution in [0.25, 0.3) is 33.6 Å². The SMILES string of the molecule is N#Cc1cc(-c2ccnc3cc(-c4ccc(C(=O)C[C@H]5CCNC[C@H]5F)cc4F)oc23)ccc1NC1CCOCC1. The number of alkyl halides is 1. The van der Waals surface area contributed by atoms with Crippen molar-refractivity contribution in [3.8, 4) is 28.5 Å². The fraction of sp³-hybridized carbons (Fsp3) is 0.344. The number of fused-ring (bicyclic) bond motifs is 1. The molecule has 41 heavy (non-hydrogen) atoms. The van der Waals surface area contributed by atoms with Crippen molar-refractivity contribution < 1.29 is 22.7 Å². The van der Waals surface area contributed by atoms with Crippen LogP contribution in [-0.2, 0) is 4.74 Å². The molecule has 2 aliphatic rings. The van der Waals surface area contributed by atoms with Crippen molar-refractivity contribution in [3.63, 3.8) is 0 Å². The molecule has 0 unspecified atom stereocenters. The second kappa shape index (κ2) is 11.8. The smallest absolute Gasteiger partial charge is 0.163 e. The summed E-state index contributed by atoms with van der Waals surface area (Å²) in [5, 5.41) is 16.3. The molecular weight excluding hydrogens is 526 g/mol. The lowest BCUT2D eigenvalue weighted by atomic mass is 9.89. The first-order chi connectivity index (χ1) is 20.0. The summed E-state index contributed by atoms with van der Waals surface area (Å²) in [6.45, 7) is 2.31. The van der Waals surface area contributed by atoms with Crippen molar-refractivity contribution in [1.29, 1.82) is 5.26 Å². The van der Waals surface area contributed by atoms with Crippen LogP contribution in [0.5, 0.6) is 0 Å². The van der Waals surface area contributed by atoms with Gasteiger partial charge in [0.15, 0.2) is 11.4 Å². The summed E-state index contributed by atoms with van der Waals surface area (Å²) in [5.74, 6) is -0.966. The van der Waals surface area contributed by atoms with Crippen LogP contribution in [0.2, 0.25) is 0 Å². The van der Waals surface area contributed by atoms with E-state index in [9.17, 15) is 14.4 Å². The van der Waals surface area contributed by atoms with E-state index in [1.807, 2.05) is 18.2 Å². The molecule has 0 bridgehead atoms. The number of halogens is 2. The first-order valence-electron chi connectivity index (χ1n) is 14.0. The van der Waals surface area contributed by atoms with E-state index in [1.54, 1.807) is 24.4 Å². The Bertz CT molecular complexity index is 1620. The van der Waals surface area contributed by atoms with Crippen molar-refractivity contribution in [3.05, 3.63) is 71.7 Å². The van der Waals surface area contributed by atoms with Crippen LogP contribution >= 0.6 is 0 Å². The highest BCUT2D eigenvalue weighted by Crippen LogP contribution is 2.36.